The topological polar surface area (TPSA) is 82.6 Å². The fraction of sp³-hybridized carbons (Fsp3) is 0.500. The number of nitrogens with zero attached hydrogens (tertiary/aromatic N) is 3. The van der Waals surface area contributed by atoms with E-state index in [0.717, 1.165) is 10.4 Å². The second kappa shape index (κ2) is 6.04. The minimum absolute atomic E-state index is 0.0859. The van der Waals surface area contributed by atoms with Gasteiger partial charge in [-0.1, -0.05) is 0 Å². The third kappa shape index (κ3) is 3.04. The van der Waals surface area contributed by atoms with Crippen LogP contribution in [0.5, 0.6) is 0 Å². The number of hydrogen-bond acceptors (Lipinski definition) is 5. The van der Waals surface area contributed by atoms with E-state index in [4.69, 9.17) is 0 Å². The van der Waals surface area contributed by atoms with Crippen LogP contribution >= 0.6 is 0 Å². The Labute approximate surface area is 122 Å². The van der Waals surface area contributed by atoms with Gasteiger partial charge in [0.15, 0.2) is 5.82 Å². The quantitative estimate of drug-likeness (QED) is 0.795. The molecule has 0 aromatic carbocycles. The number of carbonyl (C=O) groups excluding carboxylic acids is 1. The van der Waals surface area contributed by atoms with Gasteiger partial charge in [0.05, 0.1) is 0 Å². The Morgan fingerprint density at radius 2 is 2.24 bits per heavy atom. The van der Waals surface area contributed by atoms with Gasteiger partial charge in [-0.3, -0.25) is 4.79 Å². The van der Waals surface area contributed by atoms with Gasteiger partial charge in [-0.15, -0.1) is 0 Å². The minimum atomic E-state index is -4.16. The van der Waals surface area contributed by atoms with Gasteiger partial charge in [0, 0.05) is 39.9 Å². The second-order valence-corrected chi connectivity index (χ2v) is 6.66. The normalized spacial score (nSPS) is 20.2. The average Bonchev–Trinajstić information content (AvgIpc) is 2.46. The van der Waals surface area contributed by atoms with Crippen LogP contribution in [0.2, 0.25) is 0 Å². The number of sulfonamides is 1. The van der Waals surface area contributed by atoms with E-state index in [9.17, 15) is 17.6 Å². The van der Waals surface area contributed by atoms with E-state index < -0.39 is 26.9 Å². The molecular formula is C12H17FN4O3S. The predicted molar refractivity (Wildman–Crippen MR) is 73.4 cm³/mol. The van der Waals surface area contributed by atoms with Crippen molar-refractivity contribution in [1.29, 1.82) is 0 Å². The molecule has 0 aliphatic carbocycles. The van der Waals surface area contributed by atoms with Crippen LogP contribution in [-0.2, 0) is 14.8 Å². The lowest BCUT2D eigenvalue weighted by atomic mass is 10.2. The Morgan fingerprint density at radius 3 is 2.86 bits per heavy atom. The van der Waals surface area contributed by atoms with Crippen LogP contribution in [0.15, 0.2) is 23.4 Å². The van der Waals surface area contributed by atoms with E-state index in [0.29, 0.717) is 6.54 Å². The minimum Gasteiger partial charge on any atom is -0.347 e. The number of carbonyl (C=O) groups is 1. The molecule has 2 heterocycles. The summed E-state index contributed by atoms with van der Waals surface area (Å²) in [7, 11) is -1.07. The number of piperazine rings is 1. The maximum atomic E-state index is 13.7. The number of amides is 1. The first-order valence-electron chi connectivity index (χ1n) is 6.40. The maximum absolute atomic E-state index is 13.7. The van der Waals surface area contributed by atoms with Crippen molar-refractivity contribution in [2.24, 2.45) is 0 Å². The van der Waals surface area contributed by atoms with Crippen molar-refractivity contribution in [2.45, 2.75) is 11.1 Å². The largest absolute Gasteiger partial charge is 0.347 e. The van der Waals surface area contributed by atoms with Gasteiger partial charge < -0.3 is 10.2 Å². The van der Waals surface area contributed by atoms with Crippen molar-refractivity contribution in [1.82, 2.24) is 19.5 Å². The summed E-state index contributed by atoms with van der Waals surface area (Å²) in [6, 6.07) is 1.44. The molecule has 1 aliphatic heterocycles. The number of pyridine rings is 1. The molecule has 1 aromatic rings. The lowest BCUT2D eigenvalue weighted by Crippen LogP contribution is -2.59. The molecule has 0 bridgehead atoms. The molecule has 0 spiro atoms. The molecular weight excluding hydrogens is 299 g/mol. The highest BCUT2D eigenvalue weighted by Crippen LogP contribution is 2.20. The lowest BCUT2D eigenvalue weighted by molar-refractivity contribution is -0.133. The highest BCUT2D eigenvalue weighted by molar-refractivity contribution is 7.89. The molecule has 21 heavy (non-hydrogen) atoms. The number of likely N-dealkylation sites (N-methyl/N-ethyl adjacent to an activating group) is 1. The Kier molecular flexibility index (Phi) is 4.55. The molecule has 0 radical (unpaired) electrons. The summed E-state index contributed by atoms with van der Waals surface area (Å²) >= 11 is 0. The summed E-state index contributed by atoms with van der Waals surface area (Å²) in [6.45, 7) is 0.665. The zero-order valence-electron chi connectivity index (χ0n) is 11.8. The molecule has 1 aromatic heterocycles. The van der Waals surface area contributed by atoms with Crippen molar-refractivity contribution >= 4 is 15.9 Å². The van der Waals surface area contributed by atoms with Gasteiger partial charge >= 0.3 is 0 Å². The van der Waals surface area contributed by atoms with E-state index in [1.807, 2.05) is 0 Å². The van der Waals surface area contributed by atoms with Crippen molar-refractivity contribution < 1.29 is 17.6 Å². The molecule has 1 atom stereocenters. The number of aromatic nitrogens is 1. The van der Waals surface area contributed by atoms with E-state index in [1.165, 1.54) is 17.2 Å². The zero-order chi connectivity index (χ0) is 15.6. The first kappa shape index (κ1) is 15.8. The molecule has 1 unspecified atom stereocenters. The van der Waals surface area contributed by atoms with Crippen LogP contribution in [0.4, 0.5) is 4.39 Å². The fourth-order valence-corrected chi connectivity index (χ4v) is 3.72. The summed E-state index contributed by atoms with van der Waals surface area (Å²) in [4.78, 5) is 17.1. The van der Waals surface area contributed by atoms with Gasteiger partial charge in [-0.05, 0) is 12.1 Å². The van der Waals surface area contributed by atoms with Crippen LogP contribution in [0.3, 0.4) is 0 Å². The molecule has 9 heteroatoms. The van der Waals surface area contributed by atoms with E-state index in [2.05, 4.69) is 10.3 Å². The van der Waals surface area contributed by atoms with E-state index >= 15 is 0 Å². The molecule has 0 saturated carbocycles. The number of halogens is 1. The number of nitrogens with one attached hydrogen (secondary N) is 1. The highest BCUT2D eigenvalue weighted by atomic mass is 32.2. The molecule has 1 aliphatic rings. The van der Waals surface area contributed by atoms with Gasteiger partial charge in [-0.2, -0.15) is 4.31 Å². The number of hydrogen-bond donors (Lipinski definition) is 1. The molecule has 2 rings (SSSR count). The molecule has 1 amide bonds. The Balaban J connectivity index is 2.41. The first-order valence-corrected chi connectivity index (χ1v) is 7.84. The third-order valence-electron chi connectivity index (χ3n) is 3.20. The average molecular weight is 316 g/mol. The second-order valence-electron chi connectivity index (χ2n) is 4.86. The van der Waals surface area contributed by atoms with E-state index in [1.54, 1.807) is 14.1 Å². The standard InChI is InChI=1S/C12H17FN4O3S/c1-16(2)12(18)10-8-14-6-7-17(10)21(19,20)11-9(13)4-3-5-15-11/h3-5,10,14H,6-8H2,1-2H3. The molecule has 1 saturated heterocycles. The Hall–Kier alpha value is -1.58. The van der Waals surface area contributed by atoms with Gasteiger partial charge in [-0.25, -0.2) is 17.8 Å². The van der Waals surface area contributed by atoms with Crippen molar-refractivity contribution in [3.8, 4) is 0 Å². The summed E-state index contributed by atoms with van der Waals surface area (Å²) < 4.78 is 39.9. The van der Waals surface area contributed by atoms with Crippen molar-refractivity contribution in [2.75, 3.05) is 33.7 Å². The molecule has 7 nitrogen and oxygen atoms in total. The molecule has 1 N–H and O–H groups in total. The predicted octanol–water partition coefficient (Wildman–Crippen LogP) is -0.729. The highest BCUT2D eigenvalue weighted by Gasteiger charge is 2.40. The number of rotatable bonds is 3. The van der Waals surface area contributed by atoms with Gasteiger partial charge in [0.1, 0.15) is 6.04 Å². The van der Waals surface area contributed by atoms with Crippen LogP contribution < -0.4 is 5.32 Å². The first-order chi connectivity index (χ1) is 9.85. The van der Waals surface area contributed by atoms with Crippen LogP contribution in [0.1, 0.15) is 0 Å². The van der Waals surface area contributed by atoms with Crippen molar-refractivity contribution in [3.63, 3.8) is 0 Å². The van der Waals surface area contributed by atoms with Crippen LogP contribution in [0.25, 0.3) is 0 Å². The fourth-order valence-electron chi connectivity index (χ4n) is 2.15. The summed E-state index contributed by atoms with van der Waals surface area (Å²) in [5, 5.41) is 2.32. The molecule has 116 valence electrons. The van der Waals surface area contributed by atoms with Gasteiger partial charge in [0.2, 0.25) is 10.9 Å². The van der Waals surface area contributed by atoms with Crippen LogP contribution in [0, 0.1) is 5.82 Å². The zero-order valence-corrected chi connectivity index (χ0v) is 12.6. The SMILES string of the molecule is CN(C)C(=O)C1CNCCN1S(=O)(=O)c1ncccc1F. The lowest BCUT2D eigenvalue weighted by Gasteiger charge is -2.35. The summed E-state index contributed by atoms with van der Waals surface area (Å²) in [5.41, 5.74) is 0. The summed E-state index contributed by atoms with van der Waals surface area (Å²) in [6.07, 6.45) is 1.21. The maximum Gasteiger partial charge on any atom is 0.264 e. The van der Waals surface area contributed by atoms with E-state index in [-0.39, 0.29) is 19.0 Å². The van der Waals surface area contributed by atoms with Crippen molar-refractivity contribution in [3.05, 3.63) is 24.1 Å². The molecule has 1 fully saturated rings. The Bertz CT molecular complexity index is 635. The smallest absolute Gasteiger partial charge is 0.264 e. The Morgan fingerprint density at radius 1 is 1.52 bits per heavy atom. The third-order valence-corrected chi connectivity index (χ3v) is 5.04. The summed E-state index contributed by atoms with van der Waals surface area (Å²) in [5.74, 6) is -1.28. The van der Waals surface area contributed by atoms with Crippen LogP contribution in [-0.4, -0.2) is 68.3 Å². The van der Waals surface area contributed by atoms with Gasteiger partial charge in [0.25, 0.3) is 10.0 Å². The monoisotopic (exact) mass is 316 g/mol.